The molecular formula is C94H100Cl2N22O2S4. The molecule has 24 nitrogen and oxygen atoms in total. The van der Waals surface area contributed by atoms with Crippen LogP contribution in [0.1, 0.15) is 125 Å². The lowest BCUT2D eigenvalue weighted by Gasteiger charge is -2.29. The number of aryl methyl sites for hydroxylation is 7. The Labute approximate surface area is 755 Å². The van der Waals surface area contributed by atoms with Crippen molar-refractivity contribution in [2.24, 2.45) is 5.92 Å². The van der Waals surface area contributed by atoms with Gasteiger partial charge in [0, 0.05) is 178 Å². The number of benzene rings is 4. The van der Waals surface area contributed by atoms with Gasteiger partial charge in [0.2, 0.25) is 29.7 Å². The number of rotatable bonds is 18. The van der Waals surface area contributed by atoms with Crippen LogP contribution in [0.25, 0.3) is 45.0 Å². The van der Waals surface area contributed by atoms with Crippen molar-refractivity contribution in [3.05, 3.63) is 229 Å². The van der Waals surface area contributed by atoms with Crippen LogP contribution in [0.3, 0.4) is 0 Å². The summed E-state index contributed by atoms with van der Waals surface area (Å²) in [5.74, 6) is 3.35. The summed E-state index contributed by atoms with van der Waals surface area (Å²) in [6.45, 7) is 22.2. The summed E-state index contributed by atoms with van der Waals surface area (Å²) < 4.78 is 6.11. The Morgan fingerprint density at radius 3 is 1.27 bits per heavy atom. The number of nitrogens with one attached hydrogen (secondary N) is 8. The van der Waals surface area contributed by atoms with Gasteiger partial charge in [0.1, 0.15) is 6.10 Å². The van der Waals surface area contributed by atoms with E-state index in [1.807, 2.05) is 119 Å². The van der Waals surface area contributed by atoms with Gasteiger partial charge in [-0.05, 0) is 220 Å². The van der Waals surface area contributed by atoms with Crippen molar-refractivity contribution < 1.29 is 9.84 Å². The standard InChI is InChI=1S/C25H27ClN6S.C24H25ClN6OS.C23H25N5S.C22H23N5OS/c1-16-21(11-17(14-27-16)7-10-32-8-3-2-4-9-32)30-25-28-15-18-12-23(33)29-22-13-19(26)5-6-20(22)24(18)31-25;1-14-19(5-6-21(27-14)32-17-7-9-31(2)10-8-17)29-24-26-13-15-11-22(33)28-20-12-16(25)3-4-18(20)23(15)30-24;1-13(2)9-17-6-8-19(15(4)25-17)27-23-24-12-16-11-21(29)26-20-10-14(3)5-7-18(20)22(16)28-23;1-13-5-6-17-19(8-13)25-20(29)10-16-12-24-22(27-21(16)17)26-18-9-15(4-3-7-28)11-23-14(18)2/h5-6,11,13-15H,2-4,7-10,12H2,1H3,(H,29,33)(H,28,30,31);3-6,12-13,17H,7-11H2,1-2H3,(H,28,33)(H,26,29,30);5-8,10,12-13H,9,11H2,1-4H3,(H,26,29)(H,24,27,28);5-6,8-9,11-12,28H,3-4,7,10H2,1-2H3,(H,25,29)(H,24,26,27). The van der Waals surface area contributed by atoms with Gasteiger partial charge in [0.05, 0.1) is 88.3 Å². The number of hydrogen-bond donors (Lipinski definition) is 9. The third-order valence-electron chi connectivity index (χ3n) is 22.1. The van der Waals surface area contributed by atoms with Crippen LogP contribution in [0.5, 0.6) is 5.88 Å². The van der Waals surface area contributed by atoms with Crippen molar-refractivity contribution >= 4 is 161 Å². The van der Waals surface area contributed by atoms with Crippen molar-refractivity contribution in [2.45, 2.75) is 145 Å². The van der Waals surface area contributed by atoms with Gasteiger partial charge >= 0.3 is 0 Å². The number of fused-ring (bicyclic) bond motifs is 12. The fraction of sp³-hybridized carbons (Fsp3) is 0.319. The topological polar surface area (TPSA) is 287 Å². The molecule has 0 atom stereocenters. The molecule has 0 unspecified atom stereocenters. The molecule has 0 aliphatic carbocycles. The Kier molecular flexibility index (Phi) is 28.4. The second-order valence-electron chi connectivity index (χ2n) is 32.5. The van der Waals surface area contributed by atoms with Gasteiger partial charge in [0.25, 0.3) is 0 Å². The molecule has 0 bridgehead atoms. The van der Waals surface area contributed by atoms with Crippen molar-refractivity contribution in [1.29, 1.82) is 0 Å². The molecule has 8 aromatic heterocycles. The Balaban J connectivity index is 0.000000128. The van der Waals surface area contributed by atoms with E-state index >= 15 is 0 Å². The highest BCUT2D eigenvalue weighted by Crippen LogP contribution is 2.41. The summed E-state index contributed by atoms with van der Waals surface area (Å²) in [6.07, 6.45) is 23.3. The van der Waals surface area contributed by atoms with E-state index in [1.165, 1.54) is 43.5 Å². The Morgan fingerprint density at radius 1 is 0.444 bits per heavy atom. The number of ether oxygens (including phenoxy) is 1. The fourth-order valence-electron chi connectivity index (χ4n) is 15.6. The highest BCUT2D eigenvalue weighted by molar-refractivity contribution is 7.81. The molecule has 0 amide bonds. The number of aromatic nitrogens is 12. The zero-order chi connectivity index (χ0) is 86.7. The molecule has 636 valence electrons. The first-order chi connectivity index (χ1) is 59.9. The van der Waals surface area contributed by atoms with E-state index in [4.69, 9.17) is 107 Å². The van der Waals surface area contributed by atoms with E-state index in [2.05, 4.69) is 177 Å². The number of aliphatic hydroxyl groups excluding tert-OH is 1. The van der Waals surface area contributed by atoms with Gasteiger partial charge in [0.15, 0.2) is 0 Å². The van der Waals surface area contributed by atoms with Gasteiger partial charge in [-0.3, -0.25) is 15.0 Å². The molecule has 30 heteroatoms. The van der Waals surface area contributed by atoms with Gasteiger partial charge in [-0.2, -0.15) is 0 Å². The van der Waals surface area contributed by atoms with Gasteiger partial charge in [-0.1, -0.05) is 117 Å². The van der Waals surface area contributed by atoms with E-state index in [1.54, 1.807) is 0 Å². The smallest absolute Gasteiger partial charge is 0.227 e. The highest BCUT2D eigenvalue weighted by Gasteiger charge is 2.27. The minimum atomic E-state index is 0.166. The molecule has 124 heavy (non-hydrogen) atoms. The van der Waals surface area contributed by atoms with E-state index in [-0.39, 0.29) is 12.7 Å². The molecule has 12 aromatic rings. The first kappa shape index (κ1) is 87.7. The van der Waals surface area contributed by atoms with Gasteiger partial charge in [-0.25, -0.2) is 44.9 Å². The SMILES string of the molecule is Cc1ccc2c(c1)NC(=S)Cc1cnc(Nc3cc(CCCO)cnc3C)nc1-2.Cc1ccc2c(c1)NC(=S)Cc1cnc(Nc3ccc(CC(C)C)nc3C)nc1-2.Cc1nc(OC2CCN(C)CC2)ccc1Nc1ncc2c(n1)-c1ccc(Cl)cc1NC(=S)C2.Cc1ncc(CCN2CCCCC2)cc1Nc1ncc2c(n1)-c1ccc(Cl)cc1NC(=S)C2. The first-order valence-electron chi connectivity index (χ1n) is 42.0. The first-order valence-corrected chi connectivity index (χ1v) is 44.4. The molecule has 6 aliphatic rings. The number of likely N-dealkylation sites (tertiary alicyclic amines) is 2. The van der Waals surface area contributed by atoms with Gasteiger partial charge in [-0.15, -0.1) is 0 Å². The van der Waals surface area contributed by atoms with E-state index in [0.717, 1.165) is 219 Å². The molecule has 9 N–H and O–H groups in total. The van der Waals surface area contributed by atoms with Gasteiger partial charge < -0.3 is 62.2 Å². The summed E-state index contributed by atoms with van der Waals surface area (Å²) in [7, 11) is 2.14. The highest BCUT2D eigenvalue weighted by atomic mass is 35.5. The molecule has 0 spiro atoms. The molecule has 0 radical (unpaired) electrons. The molecule has 18 rings (SSSR count). The number of piperidine rings is 2. The Hall–Kier alpha value is -11.2. The summed E-state index contributed by atoms with van der Waals surface area (Å²) in [4.78, 5) is 63.7. The zero-order valence-corrected chi connectivity index (χ0v) is 75.7. The second-order valence-corrected chi connectivity index (χ2v) is 35.4. The number of anilines is 12. The predicted octanol–water partition coefficient (Wildman–Crippen LogP) is 20.1. The summed E-state index contributed by atoms with van der Waals surface area (Å²) in [6, 6.07) is 36.1. The maximum Gasteiger partial charge on any atom is 0.227 e. The Bertz CT molecular complexity index is 6020. The van der Waals surface area contributed by atoms with E-state index in [0.29, 0.717) is 82.7 Å². The molecule has 2 saturated heterocycles. The number of aliphatic hydroxyl groups is 1. The second kappa shape index (κ2) is 40.2. The maximum absolute atomic E-state index is 9.07. The fourth-order valence-corrected chi connectivity index (χ4v) is 17.0. The van der Waals surface area contributed by atoms with Crippen molar-refractivity contribution in [2.75, 3.05) is 88.9 Å². The van der Waals surface area contributed by atoms with Crippen LogP contribution in [-0.4, -0.2) is 147 Å². The molecular weight excluding hydrogens is 1670 g/mol. The number of halogens is 2. The minimum Gasteiger partial charge on any atom is -0.474 e. The molecule has 0 saturated carbocycles. The lowest BCUT2D eigenvalue weighted by atomic mass is 10.0. The van der Waals surface area contributed by atoms with Crippen LogP contribution in [0.15, 0.2) is 146 Å². The van der Waals surface area contributed by atoms with Crippen LogP contribution in [0, 0.1) is 47.5 Å². The average molecular weight is 1770 g/mol. The van der Waals surface area contributed by atoms with E-state index in [9.17, 15) is 0 Å². The Morgan fingerprint density at radius 2 is 0.847 bits per heavy atom. The van der Waals surface area contributed by atoms with Crippen LogP contribution in [0.4, 0.5) is 69.3 Å². The van der Waals surface area contributed by atoms with Crippen molar-refractivity contribution in [3.63, 3.8) is 0 Å². The van der Waals surface area contributed by atoms with Crippen LogP contribution >= 0.6 is 72.1 Å². The van der Waals surface area contributed by atoms with Crippen LogP contribution in [-0.2, 0) is 44.9 Å². The maximum atomic E-state index is 9.07. The van der Waals surface area contributed by atoms with Crippen molar-refractivity contribution in [3.8, 4) is 50.9 Å². The van der Waals surface area contributed by atoms with E-state index < -0.39 is 0 Å². The summed E-state index contributed by atoms with van der Waals surface area (Å²) in [5, 5.41) is 36.9. The zero-order valence-electron chi connectivity index (χ0n) is 71.0. The molecule has 4 aromatic carbocycles. The number of nitrogens with zero attached hydrogens (tertiary/aromatic N) is 14. The summed E-state index contributed by atoms with van der Waals surface area (Å²) >= 11 is 34.3. The third kappa shape index (κ3) is 22.5. The number of hydrogen-bond acceptors (Lipinski definition) is 24. The number of pyridine rings is 4. The van der Waals surface area contributed by atoms with Crippen molar-refractivity contribution in [1.82, 2.24) is 69.6 Å². The third-order valence-corrected chi connectivity index (χ3v) is 23.6. The molecule has 14 heterocycles. The van der Waals surface area contributed by atoms with Crippen LogP contribution in [0.2, 0.25) is 10.0 Å². The minimum absolute atomic E-state index is 0.166. The molecule has 2 fully saturated rings. The largest absolute Gasteiger partial charge is 0.474 e. The normalized spacial score (nSPS) is 14.5. The lowest BCUT2D eigenvalue weighted by Crippen LogP contribution is -2.35. The number of thiocarbonyl (C=S) groups is 4. The van der Waals surface area contributed by atoms with Crippen LogP contribution < -0.4 is 47.3 Å². The molecule has 6 aliphatic heterocycles. The monoisotopic (exact) mass is 1770 g/mol. The lowest BCUT2D eigenvalue weighted by molar-refractivity contribution is 0.110. The summed E-state index contributed by atoms with van der Waals surface area (Å²) in [5.41, 5.74) is 28.0. The predicted molar refractivity (Wildman–Crippen MR) is 517 cm³/mol. The average Bonchev–Trinajstić information content (AvgIpc) is 1.61. The quantitative estimate of drug-likeness (QED) is 0.0361.